The molecular formula is C22H20BrNO7. The van der Waals surface area contributed by atoms with Crippen LogP contribution in [0.25, 0.3) is 11.0 Å². The lowest BCUT2D eigenvalue weighted by atomic mass is 10.1. The Bertz CT molecular complexity index is 1150. The summed E-state index contributed by atoms with van der Waals surface area (Å²) in [6, 6.07) is 8.47. The van der Waals surface area contributed by atoms with Gasteiger partial charge in [-0.15, -0.1) is 0 Å². The predicted molar refractivity (Wildman–Crippen MR) is 116 cm³/mol. The first-order valence-electron chi connectivity index (χ1n) is 9.68. The fourth-order valence-electron chi connectivity index (χ4n) is 3.24. The van der Waals surface area contributed by atoms with Gasteiger partial charge in [0.1, 0.15) is 35.9 Å². The normalized spacial score (nSPS) is 12.5. The number of ether oxygens (including phenoxy) is 4. The second-order valence-corrected chi connectivity index (χ2v) is 7.58. The highest BCUT2D eigenvalue weighted by molar-refractivity contribution is 9.10. The number of hydrogen-bond acceptors (Lipinski definition) is 7. The summed E-state index contributed by atoms with van der Waals surface area (Å²) in [4.78, 5) is 24.7. The molecule has 1 amide bonds. The number of esters is 1. The molecule has 1 aliphatic heterocycles. The number of furan rings is 1. The molecule has 1 aliphatic rings. The van der Waals surface area contributed by atoms with Crippen molar-refractivity contribution in [3.63, 3.8) is 0 Å². The Balaban J connectivity index is 1.46. The molecule has 0 saturated carbocycles. The zero-order chi connectivity index (χ0) is 22.0. The topological polar surface area (TPSA) is 96.2 Å². The number of hydrogen-bond donors (Lipinski definition) is 1. The first-order valence-corrected chi connectivity index (χ1v) is 10.5. The maximum Gasteiger partial charge on any atom is 0.342 e. The number of fused-ring (bicyclic) bond motifs is 2. The fraction of sp³-hybridized carbons (Fsp3) is 0.273. The van der Waals surface area contributed by atoms with Gasteiger partial charge in [0, 0.05) is 22.0 Å². The van der Waals surface area contributed by atoms with Gasteiger partial charge in [-0.25, -0.2) is 4.79 Å². The molecule has 8 nitrogen and oxygen atoms in total. The van der Waals surface area contributed by atoms with Crippen molar-refractivity contribution < 1.29 is 33.0 Å². The van der Waals surface area contributed by atoms with Crippen molar-refractivity contribution in [2.24, 2.45) is 0 Å². The molecule has 2 heterocycles. The highest BCUT2D eigenvalue weighted by Crippen LogP contribution is 2.38. The van der Waals surface area contributed by atoms with E-state index >= 15 is 0 Å². The fourth-order valence-corrected chi connectivity index (χ4v) is 3.66. The summed E-state index contributed by atoms with van der Waals surface area (Å²) in [5, 5.41) is 3.35. The quantitative estimate of drug-likeness (QED) is 0.510. The summed E-state index contributed by atoms with van der Waals surface area (Å²) in [5.41, 5.74) is 1.44. The summed E-state index contributed by atoms with van der Waals surface area (Å²) in [5.74, 6) is 1.26. The third-order valence-electron chi connectivity index (χ3n) is 4.59. The van der Waals surface area contributed by atoms with Crippen LogP contribution in [0.15, 0.2) is 39.2 Å². The summed E-state index contributed by atoms with van der Waals surface area (Å²) >= 11 is 3.42. The van der Waals surface area contributed by atoms with Crippen LogP contribution in [-0.2, 0) is 9.53 Å². The molecular weight excluding hydrogens is 470 g/mol. The van der Waals surface area contributed by atoms with E-state index < -0.39 is 5.97 Å². The maximum atomic E-state index is 12.4. The van der Waals surface area contributed by atoms with Gasteiger partial charge in [-0.2, -0.15) is 0 Å². The number of rotatable bonds is 6. The Hall–Kier alpha value is -3.20. The first kappa shape index (κ1) is 21.0. The summed E-state index contributed by atoms with van der Waals surface area (Å²) in [7, 11) is 0. The number of benzene rings is 2. The Morgan fingerprint density at radius 2 is 1.87 bits per heavy atom. The zero-order valence-corrected chi connectivity index (χ0v) is 18.5. The van der Waals surface area contributed by atoms with Crippen molar-refractivity contribution in [1.29, 1.82) is 0 Å². The lowest BCUT2D eigenvalue weighted by molar-refractivity contribution is -0.118. The van der Waals surface area contributed by atoms with E-state index in [0.29, 0.717) is 62.9 Å². The van der Waals surface area contributed by atoms with Crippen molar-refractivity contribution in [3.05, 3.63) is 46.1 Å². The van der Waals surface area contributed by atoms with E-state index in [1.54, 1.807) is 44.2 Å². The van der Waals surface area contributed by atoms with E-state index in [4.69, 9.17) is 23.4 Å². The second kappa shape index (κ2) is 8.89. The van der Waals surface area contributed by atoms with Crippen LogP contribution in [0.3, 0.4) is 0 Å². The number of anilines is 1. The van der Waals surface area contributed by atoms with Crippen LogP contribution in [0.1, 0.15) is 23.0 Å². The van der Waals surface area contributed by atoms with Gasteiger partial charge in [-0.3, -0.25) is 4.79 Å². The number of carbonyl (C=O) groups excluding carboxylic acids is 2. The van der Waals surface area contributed by atoms with E-state index in [1.165, 1.54) is 0 Å². The molecule has 1 N–H and O–H groups in total. The van der Waals surface area contributed by atoms with Gasteiger partial charge in [0.05, 0.1) is 12.3 Å². The molecule has 0 saturated heterocycles. The van der Waals surface area contributed by atoms with E-state index in [1.807, 2.05) is 0 Å². The molecule has 0 bridgehead atoms. The highest BCUT2D eigenvalue weighted by Gasteiger charge is 2.20. The molecule has 3 aromatic rings. The largest absolute Gasteiger partial charge is 0.486 e. The Kier molecular flexibility index (Phi) is 6.03. The van der Waals surface area contributed by atoms with Gasteiger partial charge < -0.3 is 28.7 Å². The first-order chi connectivity index (χ1) is 15.0. The number of aryl methyl sites for hydroxylation is 1. The van der Waals surface area contributed by atoms with E-state index in [2.05, 4.69) is 21.2 Å². The molecule has 0 radical (unpaired) electrons. The lowest BCUT2D eigenvalue weighted by Crippen LogP contribution is -2.21. The van der Waals surface area contributed by atoms with Crippen LogP contribution in [-0.4, -0.2) is 38.3 Å². The Labute approximate surface area is 186 Å². The number of amides is 1. The van der Waals surface area contributed by atoms with Crippen LogP contribution in [0, 0.1) is 6.92 Å². The van der Waals surface area contributed by atoms with Gasteiger partial charge in [-0.1, -0.05) is 0 Å². The minimum atomic E-state index is -0.461. The molecule has 1 aromatic heterocycles. The summed E-state index contributed by atoms with van der Waals surface area (Å²) in [6.45, 7) is 4.41. The average molecular weight is 490 g/mol. The van der Waals surface area contributed by atoms with Crippen molar-refractivity contribution in [3.8, 4) is 17.2 Å². The van der Waals surface area contributed by atoms with E-state index in [9.17, 15) is 9.59 Å². The Morgan fingerprint density at radius 3 is 2.61 bits per heavy atom. The van der Waals surface area contributed by atoms with Crippen molar-refractivity contribution in [2.75, 3.05) is 31.7 Å². The predicted octanol–water partition coefficient (Wildman–Crippen LogP) is 4.47. The minimum Gasteiger partial charge on any atom is -0.486 e. The van der Waals surface area contributed by atoms with Crippen LogP contribution in [0.2, 0.25) is 0 Å². The average Bonchev–Trinajstić information content (AvgIpc) is 3.08. The SMILES string of the molecule is CCOC(=O)c1c(C)oc2ccc(OCC(=O)Nc3cc4c(cc3Br)OCCO4)cc12. The lowest BCUT2D eigenvalue weighted by Gasteiger charge is -2.20. The third kappa shape index (κ3) is 4.46. The third-order valence-corrected chi connectivity index (χ3v) is 5.25. The van der Waals surface area contributed by atoms with Crippen molar-refractivity contribution >= 4 is 44.5 Å². The number of nitrogens with one attached hydrogen (secondary N) is 1. The molecule has 0 aliphatic carbocycles. The molecule has 162 valence electrons. The zero-order valence-electron chi connectivity index (χ0n) is 17.0. The molecule has 2 aromatic carbocycles. The molecule has 9 heteroatoms. The highest BCUT2D eigenvalue weighted by atomic mass is 79.9. The minimum absolute atomic E-state index is 0.224. The molecule has 0 spiro atoms. The van der Waals surface area contributed by atoms with Crippen LogP contribution >= 0.6 is 15.9 Å². The second-order valence-electron chi connectivity index (χ2n) is 6.72. The van der Waals surface area contributed by atoms with Gasteiger partial charge in [0.15, 0.2) is 18.1 Å². The molecule has 31 heavy (non-hydrogen) atoms. The standard InChI is InChI=1S/C22H20BrNO7/c1-3-27-22(26)21-12(2)31-17-5-4-13(8-14(17)21)30-11-20(25)24-16-10-19-18(9-15(16)23)28-6-7-29-19/h4-5,8-10H,3,6-7,11H2,1-2H3,(H,24,25). The molecule has 4 rings (SSSR count). The number of carbonyl (C=O) groups is 2. The maximum absolute atomic E-state index is 12.4. The molecule has 0 atom stereocenters. The van der Waals surface area contributed by atoms with E-state index in [-0.39, 0.29) is 19.1 Å². The van der Waals surface area contributed by atoms with Crippen LogP contribution in [0.4, 0.5) is 5.69 Å². The summed E-state index contributed by atoms with van der Waals surface area (Å²) in [6.07, 6.45) is 0. The number of halogens is 1. The van der Waals surface area contributed by atoms with Gasteiger partial charge in [0.2, 0.25) is 0 Å². The summed E-state index contributed by atoms with van der Waals surface area (Å²) < 4.78 is 28.1. The van der Waals surface area contributed by atoms with E-state index in [0.717, 1.165) is 0 Å². The van der Waals surface area contributed by atoms with Crippen molar-refractivity contribution in [2.45, 2.75) is 13.8 Å². The van der Waals surface area contributed by atoms with Crippen LogP contribution < -0.4 is 19.5 Å². The van der Waals surface area contributed by atoms with Gasteiger partial charge in [0.25, 0.3) is 5.91 Å². The van der Waals surface area contributed by atoms with Crippen molar-refractivity contribution in [1.82, 2.24) is 0 Å². The Morgan fingerprint density at radius 1 is 1.13 bits per heavy atom. The monoisotopic (exact) mass is 489 g/mol. The smallest absolute Gasteiger partial charge is 0.342 e. The molecule has 0 unspecified atom stereocenters. The van der Waals surface area contributed by atoms with Gasteiger partial charge >= 0.3 is 5.97 Å². The van der Waals surface area contributed by atoms with Gasteiger partial charge in [-0.05, 0) is 48.0 Å². The van der Waals surface area contributed by atoms with Crippen LogP contribution in [0.5, 0.6) is 17.2 Å². The molecule has 0 fully saturated rings.